The Morgan fingerprint density at radius 2 is 1.79 bits per heavy atom. The van der Waals surface area contributed by atoms with Crippen molar-refractivity contribution in [2.75, 3.05) is 6.61 Å². The molecule has 0 radical (unpaired) electrons. The molecule has 0 fully saturated rings. The van der Waals surface area contributed by atoms with Crippen LogP contribution in [0.2, 0.25) is 0 Å². The van der Waals surface area contributed by atoms with Crippen LogP contribution in [0.4, 0.5) is 0 Å². The van der Waals surface area contributed by atoms with Crippen LogP contribution in [0.3, 0.4) is 0 Å². The molecule has 2 aromatic carbocycles. The predicted molar refractivity (Wildman–Crippen MR) is 96.3 cm³/mol. The molecule has 0 aliphatic carbocycles. The van der Waals surface area contributed by atoms with Crippen LogP contribution in [-0.4, -0.2) is 23.5 Å². The number of fused-ring (bicyclic) bond motifs is 1. The monoisotopic (exact) mass is 345 g/mol. The summed E-state index contributed by atoms with van der Waals surface area (Å²) in [5.74, 6) is -0.216. The lowest BCUT2D eigenvalue weighted by Gasteiger charge is -2.13. The molecule has 0 bridgehead atoms. The molecular weight excluding hydrogens is 326 g/mol. The van der Waals surface area contributed by atoms with Gasteiger partial charge in [0.1, 0.15) is 5.75 Å². The first-order valence-corrected chi connectivity index (χ1v) is 7.88. The van der Waals surface area contributed by atoms with E-state index in [0.29, 0.717) is 5.75 Å². The normalized spacial score (nSPS) is 10.3. The minimum absolute atomic E-state index is 0.0345. The summed E-state index contributed by atoms with van der Waals surface area (Å²) in [5, 5.41) is 4.46. The largest absolute Gasteiger partial charge is 0.483 e. The van der Waals surface area contributed by atoms with E-state index in [0.717, 1.165) is 10.8 Å². The summed E-state index contributed by atoms with van der Waals surface area (Å²) in [5.41, 5.74) is 4.84. The summed E-state index contributed by atoms with van der Waals surface area (Å²) in [7, 11) is 0. The number of rotatable bonds is 4. The Labute approximate surface area is 145 Å². The summed E-state index contributed by atoms with van der Waals surface area (Å²) in [6, 6.07) is 13.4. The van der Waals surface area contributed by atoms with Gasteiger partial charge in [-0.3, -0.25) is 20.4 Å². The Morgan fingerprint density at radius 3 is 2.54 bits per heavy atom. The smallest absolute Gasteiger partial charge is 0.276 e. The van der Waals surface area contributed by atoms with E-state index in [1.807, 2.05) is 36.4 Å². The fraction of sp³-hybridized carbons (Fsp3) is 0.235. The van der Waals surface area contributed by atoms with Crippen LogP contribution in [-0.2, 0) is 9.59 Å². The van der Waals surface area contributed by atoms with Gasteiger partial charge >= 0.3 is 0 Å². The molecule has 2 rings (SSSR count). The topological polar surface area (TPSA) is 79.5 Å². The van der Waals surface area contributed by atoms with Crippen molar-refractivity contribution in [3.8, 4) is 5.75 Å². The molecule has 0 heterocycles. The minimum Gasteiger partial charge on any atom is -0.483 e. The molecule has 7 heteroatoms. The van der Waals surface area contributed by atoms with Crippen molar-refractivity contribution in [1.82, 2.24) is 16.2 Å². The molecule has 0 saturated carbocycles. The predicted octanol–water partition coefficient (Wildman–Crippen LogP) is 1.90. The number of carbonyl (C=O) groups is 2. The van der Waals surface area contributed by atoms with Gasteiger partial charge in [0.15, 0.2) is 11.7 Å². The van der Waals surface area contributed by atoms with Crippen LogP contribution in [0, 0.1) is 5.92 Å². The number of carbonyl (C=O) groups excluding carboxylic acids is 2. The zero-order valence-corrected chi connectivity index (χ0v) is 14.3. The van der Waals surface area contributed by atoms with Crippen LogP contribution in [0.15, 0.2) is 42.5 Å². The van der Waals surface area contributed by atoms with Crippen LogP contribution >= 0.6 is 12.2 Å². The molecule has 24 heavy (non-hydrogen) atoms. The van der Waals surface area contributed by atoms with Gasteiger partial charge in [-0.2, -0.15) is 0 Å². The Bertz CT molecular complexity index is 756. The number of hydrogen-bond donors (Lipinski definition) is 3. The lowest BCUT2D eigenvalue weighted by Crippen LogP contribution is -2.50. The number of ether oxygens (including phenoxy) is 1. The second kappa shape index (κ2) is 8.26. The molecular formula is C17H19N3O3S. The van der Waals surface area contributed by atoms with Crippen molar-refractivity contribution >= 4 is 39.9 Å². The molecule has 0 unspecified atom stereocenters. The average Bonchev–Trinajstić information content (AvgIpc) is 2.57. The molecule has 3 N–H and O–H groups in total. The molecule has 126 valence electrons. The van der Waals surface area contributed by atoms with Gasteiger partial charge in [-0.05, 0) is 23.7 Å². The Hall–Kier alpha value is -2.67. The molecule has 6 nitrogen and oxygen atoms in total. The van der Waals surface area contributed by atoms with Gasteiger partial charge in [0.25, 0.3) is 5.91 Å². The zero-order chi connectivity index (χ0) is 17.5. The van der Waals surface area contributed by atoms with Crippen LogP contribution in [0.5, 0.6) is 5.75 Å². The maximum Gasteiger partial charge on any atom is 0.276 e. The highest BCUT2D eigenvalue weighted by Gasteiger charge is 2.10. The maximum atomic E-state index is 11.8. The van der Waals surface area contributed by atoms with Gasteiger partial charge < -0.3 is 10.1 Å². The molecule has 2 amide bonds. The molecule has 0 aliphatic rings. The van der Waals surface area contributed by atoms with Gasteiger partial charge in [0.05, 0.1) is 0 Å². The first kappa shape index (κ1) is 17.7. The van der Waals surface area contributed by atoms with Gasteiger partial charge in [-0.15, -0.1) is 0 Å². The SMILES string of the molecule is CC(C)C(=O)NC(=S)NNC(=O)COc1cccc2ccccc12. The van der Waals surface area contributed by atoms with E-state index in [1.54, 1.807) is 19.9 Å². The van der Waals surface area contributed by atoms with E-state index in [4.69, 9.17) is 17.0 Å². The number of nitrogens with one attached hydrogen (secondary N) is 3. The van der Waals surface area contributed by atoms with Gasteiger partial charge in [0.2, 0.25) is 5.91 Å². The standard InChI is InChI=1S/C17H19N3O3S/c1-11(2)16(22)18-17(24)20-19-15(21)10-23-14-9-5-7-12-6-3-4-8-13(12)14/h3-9,11H,10H2,1-2H3,(H,19,21)(H2,18,20,22,24). The third-order valence-corrected chi connectivity index (χ3v) is 3.39. The summed E-state index contributed by atoms with van der Waals surface area (Å²) in [6.07, 6.45) is 0. The van der Waals surface area contributed by atoms with Crippen LogP contribution < -0.4 is 20.9 Å². The van der Waals surface area contributed by atoms with E-state index in [9.17, 15) is 9.59 Å². The molecule has 0 spiro atoms. The van der Waals surface area contributed by atoms with E-state index in [2.05, 4.69) is 16.2 Å². The number of thiocarbonyl (C=S) groups is 1. The maximum absolute atomic E-state index is 11.8. The summed E-state index contributed by atoms with van der Waals surface area (Å²) in [4.78, 5) is 23.3. The molecule has 2 aromatic rings. The van der Waals surface area contributed by atoms with Crippen LogP contribution in [0.1, 0.15) is 13.8 Å². The summed E-state index contributed by atoms with van der Waals surface area (Å²) < 4.78 is 5.55. The highest BCUT2D eigenvalue weighted by molar-refractivity contribution is 7.80. The Kier molecular flexibility index (Phi) is 6.08. The lowest BCUT2D eigenvalue weighted by molar-refractivity contribution is -0.124. The number of hydrogen-bond acceptors (Lipinski definition) is 4. The fourth-order valence-corrected chi connectivity index (χ4v) is 2.07. The molecule has 0 atom stereocenters. The lowest BCUT2D eigenvalue weighted by atomic mass is 10.1. The van der Waals surface area contributed by atoms with E-state index in [1.165, 1.54) is 0 Å². The number of hydrazine groups is 1. The molecule has 0 saturated heterocycles. The second-order valence-corrected chi connectivity index (χ2v) is 5.82. The quantitative estimate of drug-likeness (QED) is 0.583. The van der Waals surface area contributed by atoms with Crippen molar-refractivity contribution in [1.29, 1.82) is 0 Å². The van der Waals surface area contributed by atoms with Crippen molar-refractivity contribution in [3.63, 3.8) is 0 Å². The van der Waals surface area contributed by atoms with E-state index in [-0.39, 0.29) is 23.5 Å². The summed E-state index contributed by atoms with van der Waals surface area (Å²) in [6.45, 7) is 3.31. The van der Waals surface area contributed by atoms with E-state index < -0.39 is 5.91 Å². The fourth-order valence-electron chi connectivity index (χ4n) is 1.91. The minimum atomic E-state index is -0.413. The van der Waals surface area contributed by atoms with Gasteiger partial charge in [0, 0.05) is 11.3 Å². The zero-order valence-electron chi connectivity index (χ0n) is 13.5. The third-order valence-electron chi connectivity index (χ3n) is 3.18. The Balaban J connectivity index is 1.83. The first-order valence-electron chi connectivity index (χ1n) is 7.47. The number of amides is 2. The van der Waals surface area contributed by atoms with Crippen LogP contribution in [0.25, 0.3) is 10.8 Å². The van der Waals surface area contributed by atoms with Gasteiger partial charge in [-0.1, -0.05) is 50.2 Å². The average molecular weight is 345 g/mol. The first-order chi connectivity index (χ1) is 11.5. The van der Waals surface area contributed by atoms with Gasteiger partial charge in [-0.25, -0.2) is 0 Å². The summed E-state index contributed by atoms with van der Waals surface area (Å²) >= 11 is 4.91. The van der Waals surface area contributed by atoms with Crippen molar-refractivity contribution in [2.24, 2.45) is 5.92 Å². The third kappa shape index (κ3) is 4.92. The van der Waals surface area contributed by atoms with E-state index >= 15 is 0 Å². The van der Waals surface area contributed by atoms with Crippen molar-refractivity contribution in [3.05, 3.63) is 42.5 Å². The highest BCUT2D eigenvalue weighted by atomic mass is 32.1. The highest BCUT2D eigenvalue weighted by Crippen LogP contribution is 2.24. The molecule has 0 aromatic heterocycles. The van der Waals surface area contributed by atoms with Crippen molar-refractivity contribution < 1.29 is 14.3 Å². The Morgan fingerprint density at radius 1 is 1.08 bits per heavy atom. The second-order valence-electron chi connectivity index (χ2n) is 5.41. The van der Waals surface area contributed by atoms with Crippen molar-refractivity contribution in [2.45, 2.75) is 13.8 Å². The number of benzene rings is 2. The molecule has 0 aliphatic heterocycles.